The van der Waals surface area contributed by atoms with Crippen LogP contribution in [0.15, 0.2) is 12.2 Å². The average Bonchev–Trinajstić information content (AvgIpc) is 2.25. The van der Waals surface area contributed by atoms with Gasteiger partial charge in [-0.3, -0.25) is 4.79 Å². The lowest BCUT2D eigenvalue weighted by molar-refractivity contribution is -0.297. The van der Waals surface area contributed by atoms with Gasteiger partial charge in [0.2, 0.25) is 5.91 Å². The summed E-state index contributed by atoms with van der Waals surface area (Å²) in [6, 6.07) is 0. The third kappa shape index (κ3) is 4.08. The Bertz CT molecular complexity index is 338. The zero-order valence-corrected chi connectivity index (χ0v) is 8.87. The molecule has 1 aliphatic heterocycles. The van der Waals surface area contributed by atoms with Gasteiger partial charge in [-0.1, -0.05) is 0 Å². The molecule has 1 heterocycles. The van der Waals surface area contributed by atoms with Crippen molar-refractivity contribution in [3.8, 4) is 0 Å². The molecule has 1 saturated heterocycles. The first-order valence-corrected chi connectivity index (χ1v) is 5.05. The largest absolute Gasteiger partial charge is 0.545 e. The summed E-state index contributed by atoms with van der Waals surface area (Å²) in [6.07, 6.45) is -2.84. The summed E-state index contributed by atoms with van der Waals surface area (Å²) in [5.74, 6) is -3.82. The molecule has 0 aliphatic carbocycles. The summed E-state index contributed by atoms with van der Waals surface area (Å²) >= 11 is 0. The highest BCUT2D eigenvalue weighted by Crippen LogP contribution is 2.33. The maximum Gasteiger partial charge on any atom is 0.393 e. The monoisotopic (exact) mass is 250 g/mol. The SMILES string of the molecule is O=C([O-])/C=C/C(=O)N1CCC[C@@H](C(F)(F)F)C1. The van der Waals surface area contributed by atoms with Crippen molar-refractivity contribution in [3.05, 3.63) is 12.2 Å². The van der Waals surface area contributed by atoms with Crippen LogP contribution in [0.2, 0.25) is 0 Å². The Morgan fingerprint density at radius 3 is 2.47 bits per heavy atom. The Balaban J connectivity index is 2.61. The second kappa shape index (κ2) is 5.20. The fourth-order valence-corrected chi connectivity index (χ4v) is 1.69. The molecule has 0 aromatic carbocycles. The minimum absolute atomic E-state index is 0.00250. The summed E-state index contributed by atoms with van der Waals surface area (Å²) < 4.78 is 37.3. The van der Waals surface area contributed by atoms with Crippen LogP contribution in [0.1, 0.15) is 12.8 Å². The van der Waals surface area contributed by atoms with Gasteiger partial charge < -0.3 is 14.8 Å². The minimum atomic E-state index is -4.32. The number of carboxylic acid groups (broad SMARTS) is 1. The number of hydrogen-bond donors (Lipinski definition) is 0. The third-order valence-electron chi connectivity index (χ3n) is 2.56. The van der Waals surface area contributed by atoms with Crippen molar-refractivity contribution < 1.29 is 27.9 Å². The van der Waals surface area contributed by atoms with E-state index in [9.17, 15) is 27.9 Å². The van der Waals surface area contributed by atoms with Gasteiger partial charge in [-0.25, -0.2) is 0 Å². The molecular formula is C10H11F3NO3-. The van der Waals surface area contributed by atoms with Crippen molar-refractivity contribution >= 4 is 11.9 Å². The lowest BCUT2D eigenvalue weighted by Gasteiger charge is -2.33. The van der Waals surface area contributed by atoms with Gasteiger partial charge in [0.05, 0.1) is 11.9 Å². The highest BCUT2D eigenvalue weighted by atomic mass is 19.4. The summed E-state index contributed by atoms with van der Waals surface area (Å²) in [7, 11) is 0. The first-order chi connectivity index (χ1) is 7.80. The Labute approximate surface area is 95.7 Å². The zero-order valence-electron chi connectivity index (χ0n) is 8.87. The summed E-state index contributed by atoms with van der Waals surface area (Å²) in [5.41, 5.74) is 0. The lowest BCUT2D eigenvalue weighted by Crippen LogP contribution is -2.44. The van der Waals surface area contributed by atoms with E-state index in [0.717, 1.165) is 4.90 Å². The first kappa shape index (κ1) is 13.5. The highest BCUT2D eigenvalue weighted by molar-refractivity contribution is 5.93. The van der Waals surface area contributed by atoms with Gasteiger partial charge in [-0.2, -0.15) is 13.2 Å². The molecule has 1 rings (SSSR count). The smallest absolute Gasteiger partial charge is 0.393 e. The molecule has 96 valence electrons. The Morgan fingerprint density at radius 1 is 1.29 bits per heavy atom. The molecule has 0 spiro atoms. The second-order valence-corrected chi connectivity index (χ2v) is 3.82. The van der Waals surface area contributed by atoms with E-state index in [4.69, 9.17) is 0 Å². The molecule has 0 unspecified atom stereocenters. The highest BCUT2D eigenvalue weighted by Gasteiger charge is 2.42. The molecule has 0 aromatic rings. The van der Waals surface area contributed by atoms with Gasteiger partial charge in [-0.15, -0.1) is 0 Å². The number of likely N-dealkylation sites (tertiary alicyclic amines) is 1. The Morgan fingerprint density at radius 2 is 1.94 bits per heavy atom. The van der Waals surface area contributed by atoms with Gasteiger partial charge in [0, 0.05) is 19.2 Å². The average molecular weight is 250 g/mol. The number of nitrogens with zero attached hydrogens (tertiary/aromatic N) is 1. The van der Waals surface area contributed by atoms with E-state index >= 15 is 0 Å². The molecule has 0 bridgehead atoms. The van der Waals surface area contributed by atoms with E-state index in [0.29, 0.717) is 12.2 Å². The van der Waals surface area contributed by atoms with Crippen molar-refractivity contribution in [1.29, 1.82) is 0 Å². The van der Waals surface area contributed by atoms with E-state index < -0.39 is 30.5 Å². The summed E-state index contributed by atoms with van der Waals surface area (Å²) in [4.78, 5) is 22.4. The third-order valence-corrected chi connectivity index (χ3v) is 2.56. The minimum Gasteiger partial charge on any atom is -0.545 e. The number of carbonyl (C=O) groups excluding carboxylic acids is 2. The number of piperidine rings is 1. The van der Waals surface area contributed by atoms with Gasteiger partial charge >= 0.3 is 6.18 Å². The molecule has 0 N–H and O–H groups in total. The van der Waals surface area contributed by atoms with Crippen LogP contribution in [0.4, 0.5) is 13.2 Å². The predicted molar refractivity (Wildman–Crippen MR) is 49.5 cm³/mol. The zero-order chi connectivity index (χ0) is 13.1. The lowest BCUT2D eigenvalue weighted by atomic mass is 9.97. The summed E-state index contributed by atoms with van der Waals surface area (Å²) in [6.45, 7) is -0.206. The van der Waals surface area contributed by atoms with Crippen LogP contribution >= 0.6 is 0 Å². The molecule has 1 atom stereocenters. The topological polar surface area (TPSA) is 60.4 Å². The quantitative estimate of drug-likeness (QED) is 0.653. The fourth-order valence-electron chi connectivity index (χ4n) is 1.69. The van der Waals surface area contributed by atoms with E-state index in [1.807, 2.05) is 0 Å². The summed E-state index contributed by atoms with van der Waals surface area (Å²) in [5, 5.41) is 10.1. The van der Waals surface area contributed by atoms with Crippen LogP contribution in [0.3, 0.4) is 0 Å². The molecule has 0 aromatic heterocycles. The van der Waals surface area contributed by atoms with Gasteiger partial charge in [0.15, 0.2) is 0 Å². The van der Waals surface area contributed by atoms with Crippen molar-refractivity contribution in [2.24, 2.45) is 5.92 Å². The van der Waals surface area contributed by atoms with Crippen LogP contribution in [-0.2, 0) is 9.59 Å². The number of aliphatic carboxylic acids is 1. The van der Waals surface area contributed by atoms with Crippen molar-refractivity contribution in [1.82, 2.24) is 4.90 Å². The van der Waals surface area contributed by atoms with Gasteiger partial charge in [0.25, 0.3) is 0 Å². The van der Waals surface area contributed by atoms with Crippen molar-refractivity contribution in [2.75, 3.05) is 13.1 Å². The van der Waals surface area contributed by atoms with Crippen molar-refractivity contribution in [2.45, 2.75) is 19.0 Å². The molecule has 17 heavy (non-hydrogen) atoms. The fraction of sp³-hybridized carbons (Fsp3) is 0.600. The normalized spacial score (nSPS) is 21.8. The number of hydrogen-bond acceptors (Lipinski definition) is 3. The van der Waals surface area contributed by atoms with E-state index in [1.54, 1.807) is 0 Å². The molecule has 4 nitrogen and oxygen atoms in total. The maximum atomic E-state index is 12.4. The second-order valence-electron chi connectivity index (χ2n) is 3.82. The van der Waals surface area contributed by atoms with E-state index in [2.05, 4.69) is 0 Å². The number of rotatable bonds is 2. The molecule has 0 saturated carbocycles. The Hall–Kier alpha value is -1.53. The molecule has 1 aliphatic rings. The number of carbonyl (C=O) groups is 2. The molecule has 1 amide bonds. The van der Waals surface area contributed by atoms with Crippen LogP contribution in [0, 0.1) is 5.92 Å². The molecule has 1 fully saturated rings. The maximum absolute atomic E-state index is 12.4. The van der Waals surface area contributed by atoms with Crippen LogP contribution < -0.4 is 5.11 Å². The number of halogens is 3. The molecular weight excluding hydrogens is 239 g/mol. The predicted octanol–water partition coefficient (Wildman–Crippen LogP) is 0.0934. The van der Waals surface area contributed by atoms with E-state index in [-0.39, 0.29) is 19.4 Å². The number of carboxylic acids is 1. The van der Waals surface area contributed by atoms with E-state index in [1.165, 1.54) is 0 Å². The van der Waals surface area contributed by atoms with Gasteiger partial charge in [0.1, 0.15) is 0 Å². The van der Waals surface area contributed by atoms with Crippen molar-refractivity contribution in [3.63, 3.8) is 0 Å². The van der Waals surface area contributed by atoms with Crippen LogP contribution in [0.25, 0.3) is 0 Å². The molecule has 0 radical (unpaired) electrons. The standard InChI is InChI=1S/C10H12F3NO3/c11-10(12,13)7-2-1-5-14(6-7)8(15)3-4-9(16)17/h3-4,7H,1-2,5-6H2,(H,16,17)/p-1/b4-3+/t7-/m1/s1. The van der Waals surface area contributed by atoms with Crippen LogP contribution in [-0.4, -0.2) is 36.0 Å². The number of alkyl halides is 3. The van der Waals surface area contributed by atoms with Crippen LogP contribution in [0.5, 0.6) is 0 Å². The Kier molecular flexibility index (Phi) is 4.14. The van der Waals surface area contributed by atoms with Gasteiger partial charge in [-0.05, 0) is 18.9 Å². The molecule has 7 heteroatoms. The number of amides is 1. The first-order valence-electron chi connectivity index (χ1n) is 5.05.